The average molecular weight is 359 g/mol. The number of hydrogen-bond donors (Lipinski definition) is 0. The molecular formula is C22H21N3O2. The van der Waals surface area contributed by atoms with E-state index in [1.54, 1.807) is 17.0 Å². The Morgan fingerprint density at radius 3 is 2.33 bits per heavy atom. The van der Waals surface area contributed by atoms with Crippen molar-refractivity contribution in [2.75, 3.05) is 6.54 Å². The van der Waals surface area contributed by atoms with Crippen LogP contribution in [0, 0.1) is 0 Å². The maximum absolute atomic E-state index is 12.8. The second-order valence-corrected chi connectivity index (χ2v) is 6.13. The van der Waals surface area contributed by atoms with Gasteiger partial charge in [0.1, 0.15) is 6.54 Å². The number of aromatic nitrogens is 2. The van der Waals surface area contributed by atoms with Crippen molar-refractivity contribution in [2.24, 2.45) is 0 Å². The number of carbonyl (C=O) groups is 1. The standard InChI is InChI=1S/C22H21N3O2/c1-2-15-24(16-18-9-5-3-6-10-18)22(27)17-25-21(26)14-13-20(23-25)19-11-7-4-8-12-19/h2-14H,1,15-17H2. The maximum Gasteiger partial charge on any atom is 0.267 e. The van der Waals surface area contributed by atoms with Crippen LogP contribution in [0.15, 0.2) is 90.2 Å². The lowest BCUT2D eigenvalue weighted by molar-refractivity contribution is -0.132. The molecule has 136 valence electrons. The monoisotopic (exact) mass is 359 g/mol. The van der Waals surface area contributed by atoms with Crippen molar-refractivity contribution in [1.29, 1.82) is 0 Å². The molecule has 3 aromatic rings. The van der Waals surface area contributed by atoms with Crippen molar-refractivity contribution in [3.05, 3.63) is 101 Å². The summed E-state index contributed by atoms with van der Waals surface area (Å²) in [6.45, 7) is 4.47. The lowest BCUT2D eigenvalue weighted by Gasteiger charge is -2.21. The van der Waals surface area contributed by atoms with Crippen LogP contribution in [-0.2, 0) is 17.9 Å². The highest BCUT2D eigenvalue weighted by Gasteiger charge is 2.15. The molecule has 0 atom stereocenters. The zero-order valence-corrected chi connectivity index (χ0v) is 15.0. The summed E-state index contributed by atoms with van der Waals surface area (Å²) < 4.78 is 1.21. The number of amides is 1. The normalized spacial score (nSPS) is 10.4. The molecule has 1 amide bonds. The van der Waals surface area contributed by atoms with E-state index < -0.39 is 0 Å². The topological polar surface area (TPSA) is 55.2 Å². The van der Waals surface area contributed by atoms with Crippen LogP contribution in [0.4, 0.5) is 0 Å². The Labute approximate surface area is 158 Å². The Balaban J connectivity index is 1.81. The van der Waals surface area contributed by atoms with E-state index in [2.05, 4.69) is 11.7 Å². The molecule has 1 heterocycles. The minimum atomic E-state index is -0.304. The first-order chi connectivity index (χ1) is 13.2. The summed E-state index contributed by atoms with van der Waals surface area (Å²) in [6, 6.07) is 22.4. The highest BCUT2D eigenvalue weighted by Crippen LogP contribution is 2.14. The van der Waals surface area contributed by atoms with E-state index in [0.717, 1.165) is 11.1 Å². The van der Waals surface area contributed by atoms with E-state index in [-0.39, 0.29) is 18.0 Å². The van der Waals surface area contributed by atoms with Gasteiger partial charge in [-0.25, -0.2) is 4.68 Å². The van der Waals surface area contributed by atoms with Crippen molar-refractivity contribution in [3.8, 4) is 11.3 Å². The molecule has 0 fully saturated rings. The van der Waals surface area contributed by atoms with Crippen LogP contribution in [0.5, 0.6) is 0 Å². The predicted molar refractivity (Wildman–Crippen MR) is 106 cm³/mol. The maximum atomic E-state index is 12.8. The summed E-state index contributed by atoms with van der Waals surface area (Å²) in [5, 5.41) is 4.36. The molecule has 0 aliphatic heterocycles. The Kier molecular flexibility index (Phi) is 5.94. The van der Waals surface area contributed by atoms with Gasteiger partial charge in [-0.05, 0) is 11.6 Å². The lowest BCUT2D eigenvalue weighted by Crippen LogP contribution is -2.37. The minimum absolute atomic E-state index is 0.111. The first-order valence-corrected chi connectivity index (χ1v) is 8.73. The van der Waals surface area contributed by atoms with Crippen molar-refractivity contribution in [2.45, 2.75) is 13.1 Å². The van der Waals surface area contributed by atoms with Crippen LogP contribution in [0.1, 0.15) is 5.56 Å². The molecule has 0 bridgehead atoms. The molecule has 0 saturated heterocycles. The Morgan fingerprint density at radius 1 is 1.00 bits per heavy atom. The Hall–Kier alpha value is -3.47. The van der Waals surface area contributed by atoms with Crippen LogP contribution >= 0.6 is 0 Å². The third-order valence-corrected chi connectivity index (χ3v) is 4.14. The van der Waals surface area contributed by atoms with Gasteiger partial charge in [0, 0.05) is 24.7 Å². The smallest absolute Gasteiger partial charge is 0.267 e. The van der Waals surface area contributed by atoms with Crippen molar-refractivity contribution >= 4 is 5.91 Å². The molecule has 5 heteroatoms. The van der Waals surface area contributed by atoms with Gasteiger partial charge < -0.3 is 4.90 Å². The van der Waals surface area contributed by atoms with E-state index in [0.29, 0.717) is 18.8 Å². The number of rotatable bonds is 7. The molecule has 3 rings (SSSR count). The van der Waals surface area contributed by atoms with Gasteiger partial charge in [-0.15, -0.1) is 6.58 Å². The predicted octanol–water partition coefficient (Wildman–Crippen LogP) is 3.13. The summed E-state index contributed by atoms with van der Waals surface area (Å²) in [4.78, 5) is 26.6. The molecular weight excluding hydrogens is 338 g/mol. The van der Waals surface area contributed by atoms with Crippen molar-refractivity contribution in [1.82, 2.24) is 14.7 Å². The van der Waals surface area contributed by atoms with Crippen LogP contribution < -0.4 is 5.56 Å². The molecule has 0 N–H and O–H groups in total. The fourth-order valence-electron chi connectivity index (χ4n) is 2.77. The molecule has 0 saturated carbocycles. The van der Waals surface area contributed by atoms with Crippen molar-refractivity contribution in [3.63, 3.8) is 0 Å². The summed E-state index contributed by atoms with van der Waals surface area (Å²) in [5.74, 6) is -0.182. The van der Waals surface area contributed by atoms with Gasteiger partial charge in [-0.3, -0.25) is 9.59 Å². The van der Waals surface area contributed by atoms with E-state index in [1.807, 2.05) is 60.7 Å². The minimum Gasteiger partial charge on any atom is -0.333 e. The largest absolute Gasteiger partial charge is 0.333 e. The summed E-state index contributed by atoms with van der Waals surface area (Å²) in [5.41, 5.74) is 2.26. The van der Waals surface area contributed by atoms with Gasteiger partial charge in [0.15, 0.2) is 0 Å². The van der Waals surface area contributed by atoms with E-state index in [1.165, 1.54) is 10.7 Å². The van der Waals surface area contributed by atoms with Gasteiger partial charge in [0.2, 0.25) is 5.91 Å². The van der Waals surface area contributed by atoms with Crippen LogP contribution in [-0.4, -0.2) is 27.1 Å². The van der Waals surface area contributed by atoms with Gasteiger partial charge >= 0.3 is 0 Å². The highest BCUT2D eigenvalue weighted by atomic mass is 16.2. The zero-order chi connectivity index (χ0) is 19.1. The fraction of sp³-hybridized carbons (Fsp3) is 0.136. The molecule has 27 heavy (non-hydrogen) atoms. The average Bonchev–Trinajstić information content (AvgIpc) is 2.71. The second-order valence-electron chi connectivity index (χ2n) is 6.13. The number of carbonyl (C=O) groups excluding carboxylic acids is 1. The van der Waals surface area contributed by atoms with E-state index in [9.17, 15) is 9.59 Å². The summed E-state index contributed by atoms with van der Waals surface area (Å²) in [6.07, 6.45) is 1.68. The van der Waals surface area contributed by atoms with E-state index >= 15 is 0 Å². The SMILES string of the molecule is C=CCN(Cc1ccccc1)C(=O)Cn1nc(-c2ccccc2)ccc1=O. The molecule has 0 aliphatic carbocycles. The second kappa shape index (κ2) is 8.76. The molecule has 0 radical (unpaired) electrons. The number of hydrogen-bond acceptors (Lipinski definition) is 3. The Bertz CT molecular complexity index is 966. The molecule has 1 aromatic heterocycles. The molecule has 0 unspecified atom stereocenters. The quantitative estimate of drug-likeness (QED) is 0.609. The van der Waals surface area contributed by atoms with Crippen LogP contribution in [0.2, 0.25) is 0 Å². The van der Waals surface area contributed by atoms with Crippen LogP contribution in [0.3, 0.4) is 0 Å². The van der Waals surface area contributed by atoms with Gasteiger partial charge in [0.05, 0.1) is 5.69 Å². The fourth-order valence-corrected chi connectivity index (χ4v) is 2.77. The van der Waals surface area contributed by atoms with Crippen molar-refractivity contribution < 1.29 is 4.79 Å². The first kappa shape index (κ1) is 18.3. The highest BCUT2D eigenvalue weighted by molar-refractivity contribution is 5.76. The van der Waals surface area contributed by atoms with Gasteiger partial charge in [-0.2, -0.15) is 5.10 Å². The molecule has 0 aliphatic rings. The van der Waals surface area contributed by atoms with Gasteiger partial charge in [-0.1, -0.05) is 66.7 Å². The molecule has 5 nitrogen and oxygen atoms in total. The summed E-state index contributed by atoms with van der Waals surface area (Å²) in [7, 11) is 0. The first-order valence-electron chi connectivity index (χ1n) is 8.73. The molecule has 2 aromatic carbocycles. The van der Waals surface area contributed by atoms with Crippen LogP contribution in [0.25, 0.3) is 11.3 Å². The third-order valence-electron chi connectivity index (χ3n) is 4.14. The third kappa shape index (κ3) is 4.79. The van der Waals surface area contributed by atoms with E-state index in [4.69, 9.17) is 0 Å². The zero-order valence-electron chi connectivity index (χ0n) is 15.0. The Morgan fingerprint density at radius 2 is 1.67 bits per heavy atom. The van der Waals surface area contributed by atoms with Gasteiger partial charge in [0.25, 0.3) is 5.56 Å². The lowest BCUT2D eigenvalue weighted by atomic mass is 10.1. The number of benzene rings is 2. The molecule has 0 spiro atoms. The summed E-state index contributed by atoms with van der Waals surface area (Å²) >= 11 is 0. The number of nitrogens with zero attached hydrogens (tertiary/aromatic N) is 3.